The van der Waals surface area contributed by atoms with Crippen molar-refractivity contribution in [2.45, 2.75) is 0 Å². The van der Waals surface area contributed by atoms with Gasteiger partial charge in [0.2, 0.25) is 0 Å². The molecule has 0 fully saturated rings. The lowest BCUT2D eigenvalue weighted by Gasteiger charge is -2.29. The maximum Gasteiger partial charge on any atom is 0.0541 e. The minimum atomic E-state index is 1.11. The van der Waals surface area contributed by atoms with Crippen LogP contribution in [0.15, 0.2) is 206 Å². The van der Waals surface area contributed by atoms with Crippen LogP contribution in [0.1, 0.15) is 0 Å². The SMILES string of the molecule is c1ccc(-c2ccc(N(c3ccc(-c4cccc(-n5c6ccccc6c6ccccc65)c4)cc3)c3cccc4ccccc34)c3ccccc23)cc1. The van der Waals surface area contributed by atoms with Crippen LogP contribution in [0, 0.1) is 0 Å². The van der Waals surface area contributed by atoms with E-state index < -0.39 is 0 Å². The van der Waals surface area contributed by atoms with Gasteiger partial charge in [-0.05, 0) is 81.6 Å². The van der Waals surface area contributed by atoms with Crippen molar-refractivity contribution >= 4 is 60.4 Å². The number of aromatic nitrogens is 1. The quantitative estimate of drug-likeness (QED) is 0.172. The Morgan fingerprint density at radius 2 is 0.885 bits per heavy atom. The van der Waals surface area contributed by atoms with E-state index in [2.05, 4.69) is 216 Å². The molecule has 1 heterocycles. The van der Waals surface area contributed by atoms with E-state index in [-0.39, 0.29) is 0 Å². The number of para-hydroxylation sites is 2. The molecule has 0 amide bonds. The molecule has 0 aliphatic carbocycles. The standard InChI is InChI=1S/C50H34N2/c1-2-14-36(15-3-1)41-32-33-50(44-22-7-6-21-43(41)44)51(47-27-13-17-37-16-4-5-20-42(37)47)39-30-28-35(29-31-39)38-18-12-19-40(34-38)52-48-25-10-8-23-45(48)46-24-9-11-26-49(46)52/h1-34H. The fourth-order valence-electron chi connectivity index (χ4n) is 7.99. The molecule has 0 unspecified atom stereocenters. The molecule has 1 aromatic heterocycles. The number of benzene rings is 9. The average Bonchev–Trinajstić information content (AvgIpc) is 3.56. The van der Waals surface area contributed by atoms with Gasteiger partial charge in [0.25, 0.3) is 0 Å². The van der Waals surface area contributed by atoms with E-state index >= 15 is 0 Å². The second kappa shape index (κ2) is 12.5. The molecule has 2 heteroatoms. The van der Waals surface area contributed by atoms with Crippen LogP contribution in [0.4, 0.5) is 17.1 Å². The molecular weight excluding hydrogens is 629 g/mol. The minimum absolute atomic E-state index is 1.11. The molecule has 10 rings (SSSR count). The number of anilines is 3. The summed E-state index contributed by atoms with van der Waals surface area (Å²) in [6.45, 7) is 0. The highest BCUT2D eigenvalue weighted by Crippen LogP contribution is 2.44. The molecule has 2 nitrogen and oxygen atoms in total. The number of fused-ring (bicyclic) bond motifs is 5. The maximum absolute atomic E-state index is 2.43. The third kappa shape index (κ3) is 4.96. The summed E-state index contributed by atoms with van der Waals surface area (Å²) in [5, 5.41) is 7.41. The third-order valence-electron chi connectivity index (χ3n) is 10.4. The first-order valence-corrected chi connectivity index (χ1v) is 17.9. The monoisotopic (exact) mass is 662 g/mol. The molecule has 0 bridgehead atoms. The summed E-state index contributed by atoms with van der Waals surface area (Å²) in [6, 6.07) is 74.7. The smallest absolute Gasteiger partial charge is 0.0541 e. The van der Waals surface area contributed by atoms with Crippen LogP contribution in [-0.2, 0) is 0 Å². The van der Waals surface area contributed by atoms with Gasteiger partial charge in [-0.15, -0.1) is 0 Å². The van der Waals surface area contributed by atoms with Gasteiger partial charge >= 0.3 is 0 Å². The molecule has 9 aromatic carbocycles. The Kier molecular flexibility index (Phi) is 7.18. The lowest BCUT2D eigenvalue weighted by atomic mass is 9.96. The van der Waals surface area contributed by atoms with E-state index in [1.165, 1.54) is 65.6 Å². The van der Waals surface area contributed by atoms with E-state index in [0.717, 1.165) is 22.7 Å². The van der Waals surface area contributed by atoms with Gasteiger partial charge in [0.1, 0.15) is 0 Å². The van der Waals surface area contributed by atoms with E-state index in [0.29, 0.717) is 0 Å². The van der Waals surface area contributed by atoms with Crippen molar-refractivity contribution in [3.8, 4) is 27.9 Å². The third-order valence-corrected chi connectivity index (χ3v) is 10.4. The topological polar surface area (TPSA) is 8.17 Å². The lowest BCUT2D eigenvalue weighted by Crippen LogP contribution is -2.11. The van der Waals surface area contributed by atoms with E-state index in [1.54, 1.807) is 0 Å². The number of hydrogen-bond donors (Lipinski definition) is 0. The van der Waals surface area contributed by atoms with Crippen LogP contribution in [0.25, 0.3) is 71.3 Å². The Bertz CT molecular complexity index is 2840. The summed E-state index contributed by atoms with van der Waals surface area (Å²) < 4.78 is 2.38. The van der Waals surface area contributed by atoms with E-state index in [4.69, 9.17) is 0 Å². The largest absolute Gasteiger partial charge is 0.309 e. The van der Waals surface area contributed by atoms with Gasteiger partial charge in [0.15, 0.2) is 0 Å². The van der Waals surface area contributed by atoms with Crippen LogP contribution >= 0.6 is 0 Å². The van der Waals surface area contributed by atoms with Crippen molar-refractivity contribution < 1.29 is 0 Å². The number of nitrogens with zero attached hydrogens (tertiary/aromatic N) is 2. The van der Waals surface area contributed by atoms with Crippen molar-refractivity contribution in [3.05, 3.63) is 206 Å². The second-order valence-corrected chi connectivity index (χ2v) is 13.3. The molecule has 10 aromatic rings. The van der Waals surface area contributed by atoms with Crippen LogP contribution < -0.4 is 4.90 Å². The first kappa shape index (κ1) is 30.0. The summed E-state index contributed by atoms with van der Waals surface area (Å²) in [5.74, 6) is 0. The molecule has 0 N–H and O–H groups in total. The van der Waals surface area contributed by atoms with Gasteiger partial charge in [0.05, 0.1) is 22.4 Å². The molecule has 0 spiro atoms. The van der Waals surface area contributed by atoms with Gasteiger partial charge < -0.3 is 9.47 Å². The molecule has 0 atom stereocenters. The van der Waals surface area contributed by atoms with Crippen LogP contribution in [0.5, 0.6) is 0 Å². The van der Waals surface area contributed by atoms with Crippen LogP contribution in [0.3, 0.4) is 0 Å². The fourth-order valence-corrected chi connectivity index (χ4v) is 7.99. The number of rotatable bonds is 6. The Labute approximate surface area is 303 Å². The maximum atomic E-state index is 2.43. The van der Waals surface area contributed by atoms with Crippen molar-refractivity contribution in [3.63, 3.8) is 0 Å². The Morgan fingerprint density at radius 1 is 0.327 bits per heavy atom. The minimum Gasteiger partial charge on any atom is -0.309 e. The molecule has 0 saturated heterocycles. The van der Waals surface area contributed by atoms with E-state index in [9.17, 15) is 0 Å². The van der Waals surface area contributed by atoms with Gasteiger partial charge in [-0.25, -0.2) is 0 Å². The molecule has 0 radical (unpaired) electrons. The van der Waals surface area contributed by atoms with Crippen molar-refractivity contribution in [2.24, 2.45) is 0 Å². The highest BCUT2D eigenvalue weighted by Gasteiger charge is 2.19. The first-order valence-electron chi connectivity index (χ1n) is 17.9. The van der Waals surface area contributed by atoms with Gasteiger partial charge in [-0.2, -0.15) is 0 Å². The van der Waals surface area contributed by atoms with Crippen molar-refractivity contribution in [1.29, 1.82) is 0 Å². The van der Waals surface area contributed by atoms with Gasteiger partial charge in [0, 0.05) is 32.9 Å². The summed E-state index contributed by atoms with van der Waals surface area (Å²) >= 11 is 0. The highest BCUT2D eigenvalue weighted by molar-refractivity contribution is 6.10. The fraction of sp³-hybridized carbons (Fsp3) is 0. The molecule has 0 saturated carbocycles. The summed E-state index contributed by atoms with van der Waals surface area (Å²) in [4.78, 5) is 2.43. The normalized spacial score (nSPS) is 11.5. The zero-order valence-corrected chi connectivity index (χ0v) is 28.5. The number of hydrogen-bond acceptors (Lipinski definition) is 1. The predicted molar refractivity (Wildman–Crippen MR) is 221 cm³/mol. The first-order chi connectivity index (χ1) is 25.8. The predicted octanol–water partition coefficient (Wildman–Crippen LogP) is 13.9. The Balaban J connectivity index is 1.12. The van der Waals surface area contributed by atoms with Gasteiger partial charge in [-0.1, -0.05) is 158 Å². The summed E-state index contributed by atoms with van der Waals surface area (Å²) in [5.41, 5.74) is 11.8. The Hall–Kier alpha value is -6.90. The van der Waals surface area contributed by atoms with Crippen molar-refractivity contribution in [1.82, 2.24) is 4.57 Å². The molecule has 0 aliphatic heterocycles. The lowest BCUT2D eigenvalue weighted by molar-refractivity contribution is 1.18. The zero-order valence-electron chi connectivity index (χ0n) is 28.5. The van der Waals surface area contributed by atoms with Crippen LogP contribution in [-0.4, -0.2) is 4.57 Å². The van der Waals surface area contributed by atoms with Gasteiger partial charge in [-0.3, -0.25) is 0 Å². The highest BCUT2D eigenvalue weighted by atomic mass is 15.1. The average molecular weight is 663 g/mol. The molecule has 0 aliphatic rings. The van der Waals surface area contributed by atoms with Crippen molar-refractivity contribution in [2.75, 3.05) is 4.90 Å². The zero-order chi connectivity index (χ0) is 34.4. The second-order valence-electron chi connectivity index (χ2n) is 13.3. The molecule has 52 heavy (non-hydrogen) atoms. The molecular formula is C50H34N2. The van der Waals surface area contributed by atoms with E-state index in [1.807, 2.05) is 0 Å². The summed E-state index contributed by atoms with van der Waals surface area (Å²) in [6.07, 6.45) is 0. The Morgan fingerprint density at radius 3 is 1.63 bits per heavy atom. The molecule has 244 valence electrons. The van der Waals surface area contributed by atoms with Crippen LogP contribution in [0.2, 0.25) is 0 Å². The summed E-state index contributed by atoms with van der Waals surface area (Å²) in [7, 11) is 0.